The SMILES string of the molecule is CC(=O)N1CCCCCCCN(CC(C)C)Cc2cc(C(=O)NCc3cccc(N4CCCCC4)c3)ccc21. The van der Waals surface area contributed by atoms with Gasteiger partial charge in [-0.3, -0.25) is 14.5 Å². The van der Waals surface area contributed by atoms with Gasteiger partial charge in [0.1, 0.15) is 0 Å². The Balaban J connectivity index is 1.53. The fourth-order valence-electron chi connectivity index (χ4n) is 5.99. The maximum atomic E-state index is 13.3. The predicted octanol–water partition coefficient (Wildman–Crippen LogP) is 6.38. The minimum absolute atomic E-state index is 0.0644. The number of benzene rings is 2. The highest BCUT2D eigenvalue weighted by molar-refractivity contribution is 5.97. The van der Waals surface area contributed by atoms with E-state index in [0.717, 1.165) is 68.9 Å². The van der Waals surface area contributed by atoms with Gasteiger partial charge in [-0.15, -0.1) is 0 Å². The van der Waals surface area contributed by atoms with Crippen molar-refractivity contribution < 1.29 is 9.59 Å². The number of anilines is 2. The summed E-state index contributed by atoms with van der Waals surface area (Å²) in [6.45, 7) is 12.4. The number of nitrogens with zero attached hydrogens (tertiary/aromatic N) is 3. The maximum Gasteiger partial charge on any atom is 0.251 e. The zero-order valence-electron chi connectivity index (χ0n) is 24.4. The van der Waals surface area contributed by atoms with Crippen LogP contribution in [0.15, 0.2) is 42.5 Å². The second kappa shape index (κ2) is 14.5. The van der Waals surface area contributed by atoms with Crippen LogP contribution in [0.2, 0.25) is 0 Å². The van der Waals surface area contributed by atoms with E-state index in [1.54, 1.807) is 6.92 Å². The Hall–Kier alpha value is -2.86. The van der Waals surface area contributed by atoms with Crippen molar-refractivity contribution in [3.63, 3.8) is 0 Å². The minimum Gasteiger partial charge on any atom is -0.372 e. The van der Waals surface area contributed by atoms with Crippen LogP contribution < -0.4 is 15.1 Å². The first-order valence-electron chi connectivity index (χ1n) is 15.2. The average Bonchev–Trinajstić information content (AvgIpc) is 2.93. The van der Waals surface area contributed by atoms with Crippen LogP contribution in [0.25, 0.3) is 0 Å². The molecule has 0 saturated carbocycles. The van der Waals surface area contributed by atoms with Gasteiger partial charge in [-0.05, 0) is 86.0 Å². The Labute approximate surface area is 235 Å². The molecule has 2 aromatic rings. The summed E-state index contributed by atoms with van der Waals surface area (Å²) in [7, 11) is 0. The molecule has 6 nitrogen and oxygen atoms in total. The number of rotatable bonds is 6. The molecule has 2 amide bonds. The van der Waals surface area contributed by atoms with Gasteiger partial charge < -0.3 is 15.1 Å². The van der Waals surface area contributed by atoms with Crippen LogP contribution in [0, 0.1) is 5.92 Å². The molecule has 0 atom stereocenters. The van der Waals surface area contributed by atoms with Crippen molar-refractivity contribution >= 4 is 23.2 Å². The van der Waals surface area contributed by atoms with Crippen LogP contribution in [0.5, 0.6) is 0 Å². The Kier molecular flexibility index (Phi) is 10.8. The molecule has 0 bridgehead atoms. The lowest BCUT2D eigenvalue weighted by Gasteiger charge is -2.30. The number of amides is 2. The molecule has 0 aromatic heterocycles. The number of fused-ring (bicyclic) bond motifs is 1. The van der Waals surface area contributed by atoms with E-state index in [4.69, 9.17) is 0 Å². The summed E-state index contributed by atoms with van der Waals surface area (Å²) in [6.07, 6.45) is 9.58. The third kappa shape index (κ3) is 8.56. The van der Waals surface area contributed by atoms with Gasteiger partial charge in [0.25, 0.3) is 5.91 Å². The van der Waals surface area contributed by atoms with Crippen molar-refractivity contribution in [2.24, 2.45) is 5.92 Å². The van der Waals surface area contributed by atoms with Crippen LogP contribution in [-0.4, -0.2) is 49.4 Å². The molecule has 2 aromatic carbocycles. The topological polar surface area (TPSA) is 55.9 Å². The Morgan fingerprint density at radius 1 is 0.846 bits per heavy atom. The van der Waals surface area contributed by atoms with Crippen molar-refractivity contribution in [1.29, 1.82) is 0 Å². The molecule has 0 radical (unpaired) electrons. The molecule has 1 fully saturated rings. The molecule has 2 aliphatic heterocycles. The Morgan fingerprint density at radius 2 is 1.54 bits per heavy atom. The third-order valence-electron chi connectivity index (χ3n) is 7.97. The number of nitrogens with one attached hydrogen (secondary N) is 1. The molecule has 1 saturated heterocycles. The second-order valence-corrected chi connectivity index (χ2v) is 11.8. The number of piperidine rings is 1. The molecule has 0 spiro atoms. The van der Waals surface area contributed by atoms with E-state index in [1.165, 1.54) is 44.2 Å². The van der Waals surface area contributed by atoms with E-state index >= 15 is 0 Å². The molecule has 0 aliphatic carbocycles. The summed E-state index contributed by atoms with van der Waals surface area (Å²) >= 11 is 0. The van der Waals surface area contributed by atoms with Gasteiger partial charge in [0.15, 0.2) is 0 Å². The molecule has 2 heterocycles. The third-order valence-corrected chi connectivity index (χ3v) is 7.97. The summed E-state index contributed by atoms with van der Waals surface area (Å²) in [5.41, 5.74) is 5.02. The van der Waals surface area contributed by atoms with Crippen molar-refractivity contribution in [1.82, 2.24) is 10.2 Å². The monoisotopic (exact) mass is 532 g/mol. The van der Waals surface area contributed by atoms with Gasteiger partial charge in [-0.2, -0.15) is 0 Å². The summed E-state index contributed by atoms with van der Waals surface area (Å²) in [6, 6.07) is 14.4. The standard InChI is InChI=1S/C33H48N4O2/c1-26(2)24-35-17-8-5-4-6-11-20-37(27(3)38)32-16-15-29(22-30(32)25-35)33(39)34-23-28-13-12-14-31(21-28)36-18-9-7-10-19-36/h12-16,21-22,26H,4-11,17-20,23-25H2,1-3H3,(H,34,39). The van der Waals surface area contributed by atoms with Crippen LogP contribution in [0.1, 0.15) is 93.6 Å². The van der Waals surface area contributed by atoms with Gasteiger partial charge in [-0.25, -0.2) is 0 Å². The highest BCUT2D eigenvalue weighted by atomic mass is 16.2. The highest BCUT2D eigenvalue weighted by Crippen LogP contribution is 2.27. The maximum absolute atomic E-state index is 13.3. The van der Waals surface area contributed by atoms with E-state index < -0.39 is 0 Å². The summed E-state index contributed by atoms with van der Waals surface area (Å²) in [4.78, 5) is 32.9. The van der Waals surface area contributed by atoms with Gasteiger partial charge >= 0.3 is 0 Å². The predicted molar refractivity (Wildman–Crippen MR) is 161 cm³/mol. The molecule has 39 heavy (non-hydrogen) atoms. The summed E-state index contributed by atoms with van der Waals surface area (Å²) in [5, 5.41) is 3.15. The lowest BCUT2D eigenvalue weighted by atomic mass is 10.0. The zero-order chi connectivity index (χ0) is 27.6. The van der Waals surface area contributed by atoms with E-state index in [9.17, 15) is 9.59 Å². The van der Waals surface area contributed by atoms with Gasteiger partial charge in [-0.1, -0.05) is 45.2 Å². The summed E-state index contributed by atoms with van der Waals surface area (Å²) < 4.78 is 0. The number of hydrogen-bond donors (Lipinski definition) is 1. The largest absolute Gasteiger partial charge is 0.372 e. The molecule has 4 rings (SSSR count). The van der Waals surface area contributed by atoms with Crippen molar-refractivity contribution in [3.05, 3.63) is 59.2 Å². The molecule has 212 valence electrons. The normalized spacial score (nSPS) is 17.7. The van der Waals surface area contributed by atoms with Crippen molar-refractivity contribution in [2.75, 3.05) is 42.5 Å². The van der Waals surface area contributed by atoms with Crippen LogP contribution in [-0.2, 0) is 17.9 Å². The van der Waals surface area contributed by atoms with Gasteiger partial charge in [0.2, 0.25) is 5.91 Å². The Morgan fingerprint density at radius 3 is 2.28 bits per heavy atom. The first kappa shape index (κ1) is 29.1. The molecule has 1 N–H and O–H groups in total. The van der Waals surface area contributed by atoms with Gasteiger partial charge in [0, 0.05) is 63.1 Å². The zero-order valence-corrected chi connectivity index (χ0v) is 24.4. The van der Waals surface area contributed by atoms with E-state index in [0.29, 0.717) is 18.0 Å². The molecular formula is C33H48N4O2. The highest BCUT2D eigenvalue weighted by Gasteiger charge is 2.20. The Bertz CT molecular complexity index is 1090. The summed E-state index contributed by atoms with van der Waals surface area (Å²) in [5.74, 6) is 0.545. The van der Waals surface area contributed by atoms with E-state index in [1.807, 2.05) is 23.1 Å². The number of carbonyl (C=O) groups excluding carboxylic acids is 2. The lowest BCUT2D eigenvalue weighted by molar-refractivity contribution is -0.116. The van der Waals surface area contributed by atoms with Crippen LogP contribution in [0.3, 0.4) is 0 Å². The number of carbonyl (C=O) groups is 2. The second-order valence-electron chi connectivity index (χ2n) is 11.8. The van der Waals surface area contributed by atoms with Crippen molar-refractivity contribution in [2.45, 2.75) is 85.2 Å². The first-order chi connectivity index (χ1) is 18.9. The smallest absolute Gasteiger partial charge is 0.251 e. The first-order valence-corrected chi connectivity index (χ1v) is 15.2. The van der Waals surface area contributed by atoms with Crippen LogP contribution in [0.4, 0.5) is 11.4 Å². The van der Waals surface area contributed by atoms with E-state index in [2.05, 4.69) is 53.2 Å². The fraction of sp³-hybridized carbons (Fsp3) is 0.576. The molecular weight excluding hydrogens is 484 g/mol. The van der Waals surface area contributed by atoms with E-state index in [-0.39, 0.29) is 11.8 Å². The van der Waals surface area contributed by atoms with Gasteiger partial charge in [0.05, 0.1) is 0 Å². The van der Waals surface area contributed by atoms with Crippen molar-refractivity contribution in [3.8, 4) is 0 Å². The fourth-order valence-corrected chi connectivity index (χ4v) is 5.99. The molecule has 0 unspecified atom stereocenters. The molecule has 2 aliphatic rings. The number of hydrogen-bond acceptors (Lipinski definition) is 4. The molecule has 6 heteroatoms. The van der Waals surface area contributed by atoms with Crippen LogP contribution >= 0.6 is 0 Å². The quantitative estimate of drug-likeness (QED) is 0.469. The lowest BCUT2D eigenvalue weighted by Crippen LogP contribution is -2.34. The average molecular weight is 533 g/mol. The minimum atomic E-state index is -0.0722.